The van der Waals surface area contributed by atoms with Gasteiger partial charge in [-0.1, -0.05) is 103 Å². The van der Waals surface area contributed by atoms with Crippen molar-refractivity contribution < 1.29 is 4.42 Å². The fraction of sp³-hybridized carbons (Fsp3) is 0.0513. The molecule has 198 valence electrons. The maximum absolute atomic E-state index is 13.1. The average Bonchev–Trinajstić information content (AvgIpc) is 3.39. The summed E-state index contributed by atoms with van der Waals surface area (Å²) in [5.74, 6) is 0.121. The molecule has 0 bridgehead atoms. The average molecular weight is 540 g/mol. The standard InChI is InChI=1S/C39H25NO2/c41-39-34-22-24(18-20-28(34)30-14-7-9-17-36(30)42-39)33-23-25-19-21-32-29-13-6-8-16-35(29)40(26-10-2-1-3-11-26)38(32)37(25)31-15-5-4-12-27(31)33/h1-22,33H,23H2. The molecular weight excluding hydrogens is 514 g/mol. The molecule has 1 unspecified atom stereocenters. The van der Waals surface area contributed by atoms with Crippen LogP contribution in [0.15, 0.2) is 143 Å². The minimum Gasteiger partial charge on any atom is -0.422 e. The lowest BCUT2D eigenvalue weighted by atomic mass is 9.75. The third-order valence-corrected chi connectivity index (χ3v) is 9.01. The molecule has 0 aliphatic heterocycles. The van der Waals surface area contributed by atoms with Gasteiger partial charge in [-0.2, -0.15) is 0 Å². The first-order valence-electron chi connectivity index (χ1n) is 14.4. The number of aromatic nitrogens is 1. The summed E-state index contributed by atoms with van der Waals surface area (Å²) in [5, 5.41) is 5.05. The van der Waals surface area contributed by atoms with Crippen LogP contribution in [0.5, 0.6) is 0 Å². The van der Waals surface area contributed by atoms with Gasteiger partial charge >= 0.3 is 5.63 Å². The molecule has 8 aromatic rings. The molecule has 1 aliphatic carbocycles. The van der Waals surface area contributed by atoms with Crippen molar-refractivity contribution in [3.05, 3.63) is 161 Å². The van der Waals surface area contributed by atoms with Crippen LogP contribution in [0.25, 0.3) is 60.4 Å². The van der Waals surface area contributed by atoms with E-state index in [2.05, 4.69) is 114 Å². The predicted molar refractivity (Wildman–Crippen MR) is 172 cm³/mol. The van der Waals surface area contributed by atoms with E-state index in [0.29, 0.717) is 11.0 Å². The van der Waals surface area contributed by atoms with Crippen molar-refractivity contribution >= 4 is 43.5 Å². The highest BCUT2D eigenvalue weighted by molar-refractivity contribution is 6.15. The van der Waals surface area contributed by atoms with E-state index in [1.807, 2.05) is 24.3 Å². The molecule has 0 spiro atoms. The highest BCUT2D eigenvalue weighted by Gasteiger charge is 2.29. The molecule has 0 radical (unpaired) electrons. The van der Waals surface area contributed by atoms with Crippen LogP contribution in [-0.2, 0) is 6.42 Å². The third kappa shape index (κ3) is 3.25. The molecule has 3 heteroatoms. The fourth-order valence-corrected chi connectivity index (χ4v) is 7.19. The summed E-state index contributed by atoms with van der Waals surface area (Å²) >= 11 is 0. The molecule has 6 aromatic carbocycles. The fourth-order valence-electron chi connectivity index (χ4n) is 7.19. The minimum atomic E-state index is -0.288. The highest BCUT2D eigenvalue weighted by atomic mass is 16.4. The number of nitrogens with zero attached hydrogens (tertiary/aromatic N) is 1. The monoisotopic (exact) mass is 539 g/mol. The quantitative estimate of drug-likeness (QED) is 0.162. The largest absolute Gasteiger partial charge is 0.422 e. The van der Waals surface area contributed by atoms with E-state index >= 15 is 0 Å². The third-order valence-electron chi connectivity index (χ3n) is 9.01. The molecule has 0 N–H and O–H groups in total. The summed E-state index contributed by atoms with van der Waals surface area (Å²) in [6.07, 6.45) is 0.850. The Morgan fingerprint density at radius 3 is 2.26 bits per heavy atom. The van der Waals surface area contributed by atoms with E-state index < -0.39 is 0 Å². The SMILES string of the molecule is O=c1oc2ccccc2c2ccc(C3Cc4ccc5c6ccccc6n(-c6ccccc6)c5c4-c4ccccc43)cc12. The van der Waals surface area contributed by atoms with Gasteiger partial charge in [0.05, 0.1) is 16.4 Å². The van der Waals surface area contributed by atoms with Crippen LogP contribution in [0.4, 0.5) is 0 Å². The Hall–Kier alpha value is -5.41. The number of hydrogen-bond acceptors (Lipinski definition) is 2. The van der Waals surface area contributed by atoms with Crippen molar-refractivity contribution in [1.82, 2.24) is 4.57 Å². The first kappa shape index (κ1) is 23.3. The summed E-state index contributed by atoms with van der Waals surface area (Å²) in [4.78, 5) is 13.1. The van der Waals surface area contributed by atoms with E-state index in [1.54, 1.807) is 0 Å². The molecule has 42 heavy (non-hydrogen) atoms. The van der Waals surface area contributed by atoms with Gasteiger partial charge in [-0.25, -0.2) is 4.79 Å². The van der Waals surface area contributed by atoms with Gasteiger partial charge in [-0.15, -0.1) is 0 Å². The van der Waals surface area contributed by atoms with Gasteiger partial charge < -0.3 is 8.98 Å². The second-order valence-corrected chi connectivity index (χ2v) is 11.2. The van der Waals surface area contributed by atoms with Gasteiger partial charge in [-0.05, 0) is 64.4 Å². The van der Waals surface area contributed by atoms with Gasteiger partial charge in [0.25, 0.3) is 0 Å². The molecule has 2 aromatic heterocycles. The van der Waals surface area contributed by atoms with Crippen LogP contribution in [0, 0.1) is 0 Å². The summed E-state index contributed by atoms with van der Waals surface area (Å²) in [6, 6.07) is 46.8. The Bertz CT molecular complexity index is 2410. The number of para-hydroxylation sites is 3. The second-order valence-electron chi connectivity index (χ2n) is 11.2. The van der Waals surface area contributed by atoms with E-state index in [1.165, 1.54) is 44.1 Å². The lowest BCUT2D eigenvalue weighted by Gasteiger charge is -2.29. The summed E-state index contributed by atoms with van der Waals surface area (Å²) in [5.41, 5.74) is 10.2. The maximum atomic E-state index is 13.1. The summed E-state index contributed by atoms with van der Waals surface area (Å²) in [6.45, 7) is 0. The molecule has 0 amide bonds. The molecule has 2 heterocycles. The number of hydrogen-bond donors (Lipinski definition) is 0. The summed E-state index contributed by atoms with van der Waals surface area (Å²) < 4.78 is 8.14. The molecule has 9 rings (SSSR count). The van der Waals surface area contributed by atoms with Crippen molar-refractivity contribution in [2.75, 3.05) is 0 Å². The van der Waals surface area contributed by atoms with Crippen LogP contribution in [0.2, 0.25) is 0 Å². The van der Waals surface area contributed by atoms with Crippen LogP contribution >= 0.6 is 0 Å². The molecular formula is C39H25NO2. The topological polar surface area (TPSA) is 35.1 Å². The highest BCUT2D eigenvalue weighted by Crippen LogP contribution is 2.48. The molecule has 0 saturated heterocycles. The Morgan fingerprint density at radius 1 is 0.619 bits per heavy atom. The molecule has 0 saturated carbocycles. The van der Waals surface area contributed by atoms with Gasteiger partial charge in [-0.3, -0.25) is 0 Å². The van der Waals surface area contributed by atoms with Crippen LogP contribution < -0.4 is 5.63 Å². The number of benzene rings is 6. The van der Waals surface area contributed by atoms with Crippen molar-refractivity contribution in [2.24, 2.45) is 0 Å². The molecule has 1 aliphatic rings. The van der Waals surface area contributed by atoms with Crippen molar-refractivity contribution in [3.63, 3.8) is 0 Å². The Kier molecular flexibility index (Phi) is 4.88. The zero-order valence-electron chi connectivity index (χ0n) is 22.7. The first-order chi connectivity index (χ1) is 20.8. The molecule has 1 atom stereocenters. The van der Waals surface area contributed by atoms with Gasteiger partial charge in [0.1, 0.15) is 5.58 Å². The molecule has 0 fully saturated rings. The van der Waals surface area contributed by atoms with Crippen LogP contribution in [0.3, 0.4) is 0 Å². The first-order valence-corrected chi connectivity index (χ1v) is 14.4. The van der Waals surface area contributed by atoms with E-state index in [0.717, 1.165) is 28.4 Å². The zero-order valence-corrected chi connectivity index (χ0v) is 22.7. The van der Waals surface area contributed by atoms with Gasteiger partial charge in [0.15, 0.2) is 0 Å². The zero-order chi connectivity index (χ0) is 27.8. The van der Waals surface area contributed by atoms with Gasteiger partial charge in [0.2, 0.25) is 0 Å². The Labute approximate surface area is 241 Å². The van der Waals surface area contributed by atoms with E-state index in [-0.39, 0.29) is 11.5 Å². The lowest BCUT2D eigenvalue weighted by molar-refractivity contribution is 0.569. The summed E-state index contributed by atoms with van der Waals surface area (Å²) in [7, 11) is 0. The van der Waals surface area contributed by atoms with E-state index in [4.69, 9.17) is 4.42 Å². The smallest absolute Gasteiger partial charge is 0.344 e. The normalized spacial score (nSPS) is 14.4. The Morgan fingerprint density at radius 2 is 1.36 bits per heavy atom. The minimum absolute atomic E-state index is 0.121. The Balaban J connectivity index is 1.30. The van der Waals surface area contributed by atoms with Gasteiger partial charge in [0, 0.05) is 33.3 Å². The van der Waals surface area contributed by atoms with Crippen molar-refractivity contribution in [2.45, 2.75) is 12.3 Å². The van der Waals surface area contributed by atoms with Crippen LogP contribution in [-0.4, -0.2) is 4.57 Å². The van der Waals surface area contributed by atoms with Crippen LogP contribution in [0.1, 0.15) is 22.6 Å². The van der Waals surface area contributed by atoms with E-state index in [9.17, 15) is 4.79 Å². The number of rotatable bonds is 2. The van der Waals surface area contributed by atoms with Crippen molar-refractivity contribution in [1.29, 1.82) is 0 Å². The molecule has 3 nitrogen and oxygen atoms in total. The van der Waals surface area contributed by atoms with Crippen molar-refractivity contribution in [3.8, 4) is 16.8 Å². The predicted octanol–water partition coefficient (Wildman–Crippen LogP) is 9.40. The maximum Gasteiger partial charge on any atom is 0.344 e. The second kappa shape index (κ2) is 8.79. The number of fused-ring (bicyclic) bond motifs is 10. The lowest BCUT2D eigenvalue weighted by Crippen LogP contribution is -2.14.